The Morgan fingerprint density at radius 3 is 2.52 bits per heavy atom. The lowest BCUT2D eigenvalue weighted by Crippen LogP contribution is -2.27. The first kappa shape index (κ1) is 20.7. The van der Waals surface area contributed by atoms with Gasteiger partial charge in [0, 0.05) is 13.0 Å². The molecule has 1 aliphatic heterocycles. The highest BCUT2D eigenvalue weighted by Gasteiger charge is 2.24. The number of anilines is 3. The minimum absolute atomic E-state index is 0.0909. The normalized spacial score (nSPS) is 13.5. The summed E-state index contributed by atoms with van der Waals surface area (Å²) in [6, 6.07) is 15.7. The smallest absolute Gasteiger partial charge is 0.243 e. The first-order valence-electron chi connectivity index (χ1n) is 10.5. The lowest BCUT2D eigenvalue weighted by Gasteiger charge is -2.20. The van der Waals surface area contributed by atoms with Gasteiger partial charge >= 0.3 is 0 Å². The van der Waals surface area contributed by atoms with Crippen LogP contribution in [0.5, 0.6) is 0 Å². The molecule has 0 spiro atoms. The van der Waals surface area contributed by atoms with Crippen LogP contribution in [-0.4, -0.2) is 34.7 Å². The molecule has 1 saturated heterocycles. The van der Waals surface area contributed by atoms with Crippen LogP contribution in [0.4, 0.5) is 17.1 Å². The number of carbonyl (C=O) groups excluding carboxylic acids is 2. The maximum Gasteiger partial charge on any atom is 0.243 e. The van der Waals surface area contributed by atoms with Crippen LogP contribution in [0.3, 0.4) is 0 Å². The molecule has 7 heteroatoms. The van der Waals surface area contributed by atoms with E-state index in [0.29, 0.717) is 13.0 Å². The second-order valence-electron chi connectivity index (χ2n) is 7.86. The molecule has 0 unspecified atom stereocenters. The second-order valence-corrected chi connectivity index (χ2v) is 7.86. The maximum absolute atomic E-state index is 12.7. The predicted octanol–water partition coefficient (Wildman–Crippen LogP) is 3.97. The lowest BCUT2D eigenvalue weighted by atomic mass is 10.2. The lowest BCUT2D eigenvalue weighted by molar-refractivity contribution is -0.117. The van der Waals surface area contributed by atoms with Gasteiger partial charge in [0.25, 0.3) is 0 Å². The molecular formula is C24H27N5O2. The first-order chi connectivity index (χ1) is 14.9. The summed E-state index contributed by atoms with van der Waals surface area (Å²) in [5, 5.41) is 10.8. The van der Waals surface area contributed by atoms with Crippen molar-refractivity contribution in [3.05, 3.63) is 65.5 Å². The van der Waals surface area contributed by atoms with Crippen LogP contribution in [-0.2, 0) is 9.59 Å². The summed E-state index contributed by atoms with van der Waals surface area (Å²) in [7, 11) is 0. The van der Waals surface area contributed by atoms with Gasteiger partial charge in [0.05, 0.1) is 40.7 Å². The van der Waals surface area contributed by atoms with Gasteiger partial charge in [-0.2, -0.15) is 5.10 Å². The highest BCUT2D eigenvalue weighted by Crippen LogP contribution is 2.29. The largest absolute Gasteiger partial charge is 0.374 e. The molecule has 4 rings (SSSR count). The third kappa shape index (κ3) is 4.30. The van der Waals surface area contributed by atoms with E-state index in [4.69, 9.17) is 0 Å². The van der Waals surface area contributed by atoms with E-state index in [0.717, 1.165) is 40.6 Å². The number of nitrogens with one attached hydrogen (secondary N) is 2. The number of aromatic nitrogens is 2. The van der Waals surface area contributed by atoms with Crippen LogP contribution >= 0.6 is 0 Å². The molecule has 0 bridgehead atoms. The Morgan fingerprint density at radius 2 is 1.81 bits per heavy atom. The third-order valence-electron chi connectivity index (χ3n) is 5.54. The summed E-state index contributed by atoms with van der Waals surface area (Å²) in [4.78, 5) is 26.6. The average Bonchev–Trinajstić information content (AvgIpc) is 3.31. The Hall–Kier alpha value is -3.61. The molecular weight excluding hydrogens is 390 g/mol. The summed E-state index contributed by atoms with van der Waals surface area (Å²) in [6.45, 7) is 6.67. The van der Waals surface area contributed by atoms with Gasteiger partial charge in [0.2, 0.25) is 11.8 Å². The summed E-state index contributed by atoms with van der Waals surface area (Å²) >= 11 is 0. The number of carbonyl (C=O) groups is 2. The molecule has 1 fully saturated rings. The molecule has 31 heavy (non-hydrogen) atoms. The third-order valence-corrected chi connectivity index (χ3v) is 5.54. The zero-order valence-electron chi connectivity index (χ0n) is 18.1. The van der Waals surface area contributed by atoms with Gasteiger partial charge in [-0.15, -0.1) is 0 Å². The van der Waals surface area contributed by atoms with E-state index in [9.17, 15) is 9.59 Å². The van der Waals surface area contributed by atoms with E-state index in [2.05, 4.69) is 15.7 Å². The van der Waals surface area contributed by atoms with Gasteiger partial charge in [0.15, 0.2) is 0 Å². The van der Waals surface area contributed by atoms with Crippen LogP contribution in [0.1, 0.15) is 29.8 Å². The van der Waals surface area contributed by atoms with E-state index >= 15 is 0 Å². The van der Waals surface area contributed by atoms with Crippen molar-refractivity contribution in [1.82, 2.24) is 9.78 Å². The SMILES string of the molecule is Cc1ccc(-n2nc(C)c(NC(=O)CNc3ccccc3N3CCCC3=O)c2C)cc1. The summed E-state index contributed by atoms with van der Waals surface area (Å²) < 4.78 is 1.84. The van der Waals surface area contributed by atoms with Crippen molar-refractivity contribution >= 4 is 28.9 Å². The average molecular weight is 418 g/mol. The number of amides is 2. The van der Waals surface area contributed by atoms with Crippen molar-refractivity contribution in [3.63, 3.8) is 0 Å². The minimum Gasteiger partial charge on any atom is -0.374 e. The molecule has 2 heterocycles. The van der Waals surface area contributed by atoms with Crippen molar-refractivity contribution in [2.24, 2.45) is 0 Å². The number of aryl methyl sites for hydroxylation is 2. The topological polar surface area (TPSA) is 79.3 Å². The van der Waals surface area contributed by atoms with Crippen molar-refractivity contribution in [3.8, 4) is 5.69 Å². The van der Waals surface area contributed by atoms with E-state index in [1.165, 1.54) is 5.56 Å². The van der Waals surface area contributed by atoms with Crippen LogP contribution in [0.15, 0.2) is 48.5 Å². The maximum atomic E-state index is 12.7. The van der Waals surface area contributed by atoms with Crippen molar-refractivity contribution in [2.45, 2.75) is 33.6 Å². The Bertz CT molecular complexity index is 1120. The Labute approximate surface area is 182 Å². The fraction of sp³-hybridized carbons (Fsp3) is 0.292. The summed E-state index contributed by atoms with van der Waals surface area (Å²) in [5.41, 5.74) is 6.08. The van der Waals surface area contributed by atoms with Crippen molar-refractivity contribution < 1.29 is 9.59 Å². The number of nitrogens with zero attached hydrogens (tertiary/aromatic N) is 3. The van der Waals surface area contributed by atoms with Crippen LogP contribution in [0.2, 0.25) is 0 Å². The molecule has 0 saturated carbocycles. The fourth-order valence-electron chi connectivity index (χ4n) is 3.88. The molecule has 3 aromatic rings. The molecule has 2 aromatic carbocycles. The number of benzene rings is 2. The quantitative estimate of drug-likeness (QED) is 0.636. The Kier molecular flexibility index (Phi) is 5.75. The molecule has 0 atom stereocenters. The fourth-order valence-corrected chi connectivity index (χ4v) is 3.88. The van der Waals surface area contributed by atoms with E-state index in [-0.39, 0.29) is 18.4 Å². The predicted molar refractivity (Wildman–Crippen MR) is 123 cm³/mol. The standard InChI is InChI=1S/C24H27N5O2/c1-16-10-12-19(13-11-16)29-18(3)24(17(2)27-29)26-22(30)15-25-20-7-4-5-8-21(20)28-14-6-9-23(28)31/h4-5,7-8,10-13,25H,6,9,14-15H2,1-3H3,(H,26,30). The van der Waals surface area contributed by atoms with Gasteiger partial charge in [-0.3, -0.25) is 9.59 Å². The van der Waals surface area contributed by atoms with Crippen molar-refractivity contribution in [2.75, 3.05) is 28.6 Å². The molecule has 2 amide bonds. The highest BCUT2D eigenvalue weighted by molar-refractivity contribution is 5.99. The van der Waals surface area contributed by atoms with Crippen LogP contribution in [0, 0.1) is 20.8 Å². The number of hydrogen-bond donors (Lipinski definition) is 2. The summed E-state index contributed by atoms with van der Waals surface area (Å²) in [5.74, 6) is -0.0503. The molecule has 0 radical (unpaired) electrons. The van der Waals surface area contributed by atoms with Crippen LogP contribution < -0.4 is 15.5 Å². The van der Waals surface area contributed by atoms with Gasteiger partial charge in [-0.1, -0.05) is 29.8 Å². The molecule has 0 aliphatic carbocycles. The van der Waals surface area contributed by atoms with Gasteiger partial charge in [-0.25, -0.2) is 4.68 Å². The molecule has 2 N–H and O–H groups in total. The Balaban J connectivity index is 1.46. The monoisotopic (exact) mass is 417 g/mol. The zero-order chi connectivity index (χ0) is 22.0. The number of para-hydroxylation sites is 2. The molecule has 7 nitrogen and oxygen atoms in total. The molecule has 160 valence electrons. The number of rotatable bonds is 6. The zero-order valence-corrected chi connectivity index (χ0v) is 18.1. The highest BCUT2D eigenvalue weighted by atomic mass is 16.2. The van der Waals surface area contributed by atoms with Crippen LogP contribution in [0.25, 0.3) is 5.69 Å². The van der Waals surface area contributed by atoms with E-state index in [1.54, 1.807) is 4.90 Å². The van der Waals surface area contributed by atoms with E-state index < -0.39 is 0 Å². The van der Waals surface area contributed by atoms with Crippen molar-refractivity contribution in [1.29, 1.82) is 0 Å². The second kappa shape index (κ2) is 8.63. The van der Waals surface area contributed by atoms with E-state index in [1.807, 2.05) is 74.0 Å². The van der Waals surface area contributed by atoms with Gasteiger partial charge < -0.3 is 15.5 Å². The van der Waals surface area contributed by atoms with Gasteiger partial charge in [0.1, 0.15) is 0 Å². The van der Waals surface area contributed by atoms with Gasteiger partial charge in [-0.05, 0) is 51.5 Å². The Morgan fingerprint density at radius 1 is 1.06 bits per heavy atom. The minimum atomic E-state index is -0.169. The molecule has 1 aromatic heterocycles. The first-order valence-corrected chi connectivity index (χ1v) is 10.5. The summed E-state index contributed by atoms with van der Waals surface area (Å²) in [6.07, 6.45) is 1.43. The number of hydrogen-bond acceptors (Lipinski definition) is 4. The molecule has 1 aliphatic rings.